The molecule has 87 heavy (non-hydrogen) atoms. The summed E-state index contributed by atoms with van der Waals surface area (Å²) in [5.41, 5.74) is 0. The van der Waals surface area contributed by atoms with Crippen molar-refractivity contribution in [2.24, 2.45) is 23.7 Å². The van der Waals surface area contributed by atoms with Gasteiger partial charge in [-0.05, 0) is 49.4 Å². The summed E-state index contributed by atoms with van der Waals surface area (Å²) >= 11 is 0. The van der Waals surface area contributed by atoms with E-state index in [9.17, 15) is 43.2 Å². The molecule has 0 heterocycles. The molecule has 17 nitrogen and oxygen atoms in total. The smallest absolute Gasteiger partial charge is 0.462 e. The SMILES string of the molecule is CC(C)CCCCCCCCCCCCCCCC(=O)O[C@H](COC(=O)CCCCCCCCCCCC(C)C)COP(=O)(O)OCC(O)COP(=O)(O)OC[C@@H](COC(=O)CCCCCCCCCC(C)C)OC(=O)CCCCCCCCC(C)C. The molecule has 0 fully saturated rings. The maximum absolute atomic E-state index is 13.0. The van der Waals surface area contributed by atoms with Gasteiger partial charge in [0.15, 0.2) is 12.2 Å². The molecule has 0 bridgehead atoms. The topological polar surface area (TPSA) is 237 Å². The van der Waals surface area contributed by atoms with E-state index in [0.29, 0.717) is 37.5 Å². The molecular weight excluding hydrogens is 1150 g/mol. The Morgan fingerprint density at radius 3 is 0.713 bits per heavy atom. The third kappa shape index (κ3) is 62.6. The van der Waals surface area contributed by atoms with Crippen LogP contribution in [0.1, 0.15) is 331 Å². The fourth-order valence-electron chi connectivity index (χ4n) is 10.1. The van der Waals surface area contributed by atoms with Gasteiger partial charge >= 0.3 is 39.5 Å². The van der Waals surface area contributed by atoms with Gasteiger partial charge in [0.05, 0.1) is 26.4 Å². The van der Waals surface area contributed by atoms with Crippen LogP contribution >= 0.6 is 15.6 Å². The second-order valence-corrected chi connectivity index (χ2v) is 29.4. The van der Waals surface area contributed by atoms with Gasteiger partial charge in [-0.3, -0.25) is 37.3 Å². The molecule has 0 aromatic rings. The first-order chi connectivity index (χ1) is 41.6. The van der Waals surface area contributed by atoms with Crippen LogP contribution in [-0.2, 0) is 65.4 Å². The lowest BCUT2D eigenvalue weighted by atomic mass is 10.0. The van der Waals surface area contributed by atoms with Gasteiger partial charge in [-0.2, -0.15) is 0 Å². The van der Waals surface area contributed by atoms with Gasteiger partial charge in [0.2, 0.25) is 0 Å². The third-order valence-corrected chi connectivity index (χ3v) is 17.5. The molecular formula is C68H132O17P2. The van der Waals surface area contributed by atoms with Crippen molar-refractivity contribution in [3.63, 3.8) is 0 Å². The molecule has 0 saturated carbocycles. The van der Waals surface area contributed by atoms with Crippen molar-refractivity contribution in [1.82, 2.24) is 0 Å². The first kappa shape index (κ1) is 85.1. The van der Waals surface area contributed by atoms with Gasteiger partial charge in [0.25, 0.3) is 0 Å². The molecule has 0 amide bonds. The zero-order chi connectivity index (χ0) is 64.7. The Balaban J connectivity index is 5.23. The van der Waals surface area contributed by atoms with Crippen LogP contribution in [0, 0.1) is 23.7 Å². The lowest BCUT2D eigenvalue weighted by Crippen LogP contribution is -2.30. The highest BCUT2D eigenvalue weighted by molar-refractivity contribution is 7.47. The zero-order valence-corrected chi connectivity index (χ0v) is 58.4. The normalized spacial score (nSPS) is 14.3. The number of phosphoric ester groups is 2. The summed E-state index contributed by atoms with van der Waals surface area (Å²) in [6, 6.07) is 0. The van der Waals surface area contributed by atoms with Crippen LogP contribution in [0.2, 0.25) is 0 Å². The Bertz CT molecular complexity index is 1730. The quantitative estimate of drug-likeness (QED) is 0.0222. The number of unbranched alkanes of at least 4 members (excludes halogenated alkanes) is 31. The molecule has 0 aromatic carbocycles. The Morgan fingerprint density at radius 1 is 0.287 bits per heavy atom. The second-order valence-electron chi connectivity index (χ2n) is 26.5. The molecule has 3 unspecified atom stereocenters. The highest BCUT2D eigenvalue weighted by atomic mass is 31.2. The van der Waals surface area contributed by atoms with E-state index in [0.717, 1.165) is 108 Å². The molecule has 3 N–H and O–H groups in total. The summed E-state index contributed by atoms with van der Waals surface area (Å²) in [4.78, 5) is 72.4. The average Bonchev–Trinajstić information content (AvgIpc) is 3.54. The molecule has 0 radical (unpaired) electrons. The van der Waals surface area contributed by atoms with E-state index in [2.05, 4.69) is 55.4 Å². The molecule has 0 aliphatic heterocycles. The summed E-state index contributed by atoms with van der Waals surface area (Å²) < 4.78 is 68.1. The summed E-state index contributed by atoms with van der Waals surface area (Å²) in [7, 11) is -9.90. The van der Waals surface area contributed by atoms with Gasteiger partial charge in [-0.1, -0.05) is 280 Å². The van der Waals surface area contributed by atoms with Gasteiger partial charge in [-0.25, -0.2) is 9.13 Å². The van der Waals surface area contributed by atoms with E-state index >= 15 is 0 Å². The minimum absolute atomic E-state index is 0.101. The number of aliphatic hydroxyl groups is 1. The van der Waals surface area contributed by atoms with Crippen LogP contribution in [-0.4, -0.2) is 96.7 Å². The number of hydrogen-bond acceptors (Lipinski definition) is 15. The molecule has 0 rings (SSSR count). The second kappa shape index (κ2) is 57.9. The van der Waals surface area contributed by atoms with E-state index in [1.54, 1.807) is 0 Å². The van der Waals surface area contributed by atoms with Crippen molar-refractivity contribution < 1.29 is 80.2 Å². The monoisotopic (exact) mass is 1280 g/mol. The minimum Gasteiger partial charge on any atom is -0.462 e. The van der Waals surface area contributed by atoms with E-state index in [4.69, 9.17) is 37.0 Å². The number of phosphoric acid groups is 2. The number of hydrogen-bond donors (Lipinski definition) is 3. The Morgan fingerprint density at radius 2 is 0.483 bits per heavy atom. The molecule has 0 saturated heterocycles. The summed E-state index contributed by atoms with van der Waals surface area (Å²) in [6.45, 7) is 14.0. The van der Waals surface area contributed by atoms with Crippen molar-refractivity contribution in [3.8, 4) is 0 Å². The maximum Gasteiger partial charge on any atom is 0.472 e. The fraction of sp³-hybridized carbons (Fsp3) is 0.941. The van der Waals surface area contributed by atoms with E-state index < -0.39 is 97.5 Å². The molecule has 5 atom stereocenters. The zero-order valence-electron chi connectivity index (χ0n) is 56.6. The number of aliphatic hydroxyl groups excluding tert-OH is 1. The Kier molecular flexibility index (Phi) is 56.6. The number of carbonyl (C=O) groups excluding carboxylic acids is 4. The van der Waals surface area contributed by atoms with Crippen LogP contribution in [0.3, 0.4) is 0 Å². The number of carbonyl (C=O) groups is 4. The van der Waals surface area contributed by atoms with Crippen LogP contribution in [0.5, 0.6) is 0 Å². The summed E-state index contributed by atoms with van der Waals surface area (Å²) in [5.74, 6) is 0.768. The largest absolute Gasteiger partial charge is 0.472 e. The maximum atomic E-state index is 13.0. The molecule has 0 aliphatic rings. The van der Waals surface area contributed by atoms with Crippen molar-refractivity contribution in [2.45, 2.75) is 350 Å². The third-order valence-electron chi connectivity index (χ3n) is 15.6. The van der Waals surface area contributed by atoms with E-state index in [1.807, 2.05) is 0 Å². The molecule has 0 aliphatic carbocycles. The van der Waals surface area contributed by atoms with Crippen LogP contribution in [0.4, 0.5) is 0 Å². The van der Waals surface area contributed by atoms with Gasteiger partial charge in [0, 0.05) is 25.7 Å². The van der Waals surface area contributed by atoms with Crippen molar-refractivity contribution in [3.05, 3.63) is 0 Å². The van der Waals surface area contributed by atoms with Gasteiger partial charge in [-0.15, -0.1) is 0 Å². The molecule has 516 valence electrons. The van der Waals surface area contributed by atoms with Crippen molar-refractivity contribution in [1.29, 1.82) is 0 Å². The van der Waals surface area contributed by atoms with E-state index in [1.165, 1.54) is 128 Å². The molecule has 19 heteroatoms. The predicted molar refractivity (Wildman–Crippen MR) is 349 cm³/mol. The van der Waals surface area contributed by atoms with Crippen LogP contribution in [0.25, 0.3) is 0 Å². The standard InChI is InChI=1S/C68H132O17P2/c1-58(2)44-36-28-20-15-12-10-9-11-13-17-24-34-42-50-67(72)84-63(54-78-65(70)48-40-32-23-18-14-16-21-29-37-45-59(3)4)56-82-86(74,75)80-52-62(69)53-81-87(76,77)83-57-64(85-68(73)51-43-35-27-26-31-39-47-61(7)8)55-79-66(71)49-41-33-25-19-22-30-38-46-60(5)6/h58-64,69H,9-57H2,1-8H3,(H,74,75)(H,76,77)/t62?,63-,64-/m1/s1. The molecule has 0 aromatic heterocycles. The Hall–Kier alpha value is -1.94. The van der Waals surface area contributed by atoms with Crippen molar-refractivity contribution in [2.75, 3.05) is 39.6 Å². The number of esters is 4. The van der Waals surface area contributed by atoms with Crippen LogP contribution in [0.15, 0.2) is 0 Å². The lowest BCUT2D eigenvalue weighted by Gasteiger charge is -2.21. The number of ether oxygens (including phenoxy) is 4. The highest BCUT2D eigenvalue weighted by Gasteiger charge is 2.30. The highest BCUT2D eigenvalue weighted by Crippen LogP contribution is 2.45. The van der Waals surface area contributed by atoms with Gasteiger partial charge in [0.1, 0.15) is 19.3 Å². The predicted octanol–water partition coefficient (Wildman–Crippen LogP) is 18.9. The summed E-state index contributed by atoms with van der Waals surface area (Å²) in [5, 5.41) is 10.6. The fourth-order valence-corrected chi connectivity index (χ4v) is 11.7. The molecule has 0 spiro atoms. The van der Waals surface area contributed by atoms with Gasteiger partial charge < -0.3 is 33.8 Å². The lowest BCUT2D eigenvalue weighted by molar-refractivity contribution is -0.161. The summed E-state index contributed by atoms with van der Waals surface area (Å²) in [6.07, 6.45) is 39.2. The first-order valence-electron chi connectivity index (χ1n) is 35.2. The van der Waals surface area contributed by atoms with E-state index in [-0.39, 0.29) is 25.7 Å². The first-order valence-corrected chi connectivity index (χ1v) is 38.2. The van der Waals surface area contributed by atoms with Crippen molar-refractivity contribution >= 4 is 39.5 Å². The van der Waals surface area contributed by atoms with Crippen LogP contribution < -0.4 is 0 Å². The average molecular weight is 1280 g/mol. The minimum atomic E-state index is -4.95. The Labute approximate surface area is 530 Å². The number of rotatable bonds is 65.